The number of carbonyl (C=O) groups is 3. The van der Waals surface area contributed by atoms with Crippen molar-refractivity contribution in [3.05, 3.63) is 88.7 Å². The van der Waals surface area contributed by atoms with E-state index < -0.39 is 11.6 Å². The lowest BCUT2D eigenvalue weighted by molar-refractivity contribution is -0.119. The van der Waals surface area contributed by atoms with Crippen LogP contribution >= 0.6 is 0 Å². The van der Waals surface area contributed by atoms with Gasteiger partial charge in [-0.05, 0) is 55.8 Å². The van der Waals surface area contributed by atoms with Crippen LogP contribution in [0.2, 0.25) is 0 Å². The predicted octanol–water partition coefficient (Wildman–Crippen LogP) is 4.81. The van der Waals surface area contributed by atoms with Crippen molar-refractivity contribution in [3.63, 3.8) is 0 Å². The fourth-order valence-electron chi connectivity index (χ4n) is 4.13. The third-order valence-electron chi connectivity index (χ3n) is 5.85. The average molecular weight is 483 g/mol. The molecule has 0 saturated carbocycles. The predicted molar refractivity (Wildman–Crippen MR) is 140 cm³/mol. The molecule has 1 unspecified atom stereocenters. The average Bonchev–Trinajstić information content (AvgIpc) is 2.86. The van der Waals surface area contributed by atoms with E-state index in [4.69, 9.17) is 0 Å². The SMILES string of the molecule is CCC(C(=O)Nc1ccc(C(C)=O)cc1)n1c(=O)c(-c2ccccc2NC(C)=O)nc2ccccc21. The lowest BCUT2D eigenvalue weighted by Crippen LogP contribution is -2.34. The van der Waals surface area contributed by atoms with Crippen molar-refractivity contribution in [2.75, 3.05) is 10.6 Å². The Labute approximate surface area is 208 Å². The molecule has 0 fully saturated rings. The van der Waals surface area contributed by atoms with Gasteiger partial charge < -0.3 is 10.6 Å². The van der Waals surface area contributed by atoms with Gasteiger partial charge in [-0.2, -0.15) is 0 Å². The fourth-order valence-corrected chi connectivity index (χ4v) is 4.13. The molecule has 4 rings (SSSR count). The normalized spacial score (nSPS) is 11.6. The van der Waals surface area contributed by atoms with Crippen LogP contribution in [0.15, 0.2) is 77.6 Å². The van der Waals surface area contributed by atoms with Crippen LogP contribution in [0.3, 0.4) is 0 Å². The monoisotopic (exact) mass is 482 g/mol. The van der Waals surface area contributed by atoms with Crippen LogP contribution in [0.25, 0.3) is 22.3 Å². The summed E-state index contributed by atoms with van der Waals surface area (Å²) in [5.41, 5.74) is 2.74. The summed E-state index contributed by atoms with van der Waals surface area (Å²) in [5, 5.41) is 5.61. The Morgan fingerprint density at radius 1 is 0.889 bits per heavy atom. The van der Waals surface area contributed by atoms with E-state index in [2.05, 4.69) is 15.6 Å². The minimum Gasteiger partial charge on any atom is -0.326 e. The molecule has 0 aliphatic heterocycles. The second kappa shape index (κ2) is 10.4. The van der Waals surface area contributed by atoms with Crippen LogP contribution in [-0.2, 0) is 9.59 Å². The molecule has 0 radical (unpaired) electrons. The fraction of sp³-hybridized carbons (Fsp3) is 0.179. The smallest absolute Gasteiger partial charge is 0.278 e. The van der Waals surface area contributed by atoms with Crippen LogP contribution in [0.5, 0.6) is 0 Å². The Balaban J connectivity index is 1.83. The molecule has 1 atom stereocenters. The van der Waals surface area contributed by atoms with Crippen molar-refractivity contribution < 1.29 is 14.4 Å². The van der Waals surface area contributed by atoms with Crippen LogP contribution in [0.1, 0.15) is 43.6 Å². The number of nitrogens with zero attached hydrogens (tertiary/aromatic N) is 2. The number of nitrogens with one attached hydrogen (secondary N) is 2. The summed E-state index contributed by atoms with van der Waals surface area (Å²) < 4.78 is 1.46. The summed E-state index contributed by atoms with van der Waals surface area (Å²) in [6.45, 7) is 4.70. The van der Waals surface area contributed by atoms with E-state index in [9.17, 15) is 19.2 Å². The van der Waals surface area contributed by atoms with Crippen molar-refractivity contribution in [3.8, 4) is 11.3 Å². The van der Waals surface area contributed by atoms with Gasteiger partial charge in [-0.15, -0.1) is 0 Å². The number of benzene rings is 3. The van der Waals surface area contributed by atoms with Crippen LogP contribution < -0.4 is 16.2 Å². The first-order valence-corrected chi connectivity index (χ1v) is 11.6. The first kappa shape index (κ1) is 24.5. The maximum atomic E-state index is 13.9. The van der Waals surface area contributed by atoms with Crippen molar-refractivity contribution in [1.29, 1.82) is 0 Å². The molecule has 2 amide bonds. The molecule has 3 aromatic carbocycles. The highest BCUT2D eigenvalue weighted by molar-refractivity contribution is 5.97. The largest absolute Gasteiger partial charge is 0.326 e. The molecule has 0 bridgehead atoms. The zero-order valence-corrected chi connectivity index (χ0v) is 20.2. The number of ketones is 1. The zero-order valence-electron chi connectivity index (χ0n) is 20.2. The molecule has 0 aliphatic carbocycles. The summed E-state index contributed by atoms with van der Waals surface area (Å²) in [5.74, 6) is -0.709. The molecule has 4 aromatic rings. The molecule has 8 heteroatoms. The zero-order chi connectivity index (χ0) is 25.8. The van der Waals surface area contributed by atoms with Gasteiger partial charge in [0.2, 0.25) is 11.8 Å². The van der Waals surface area contributed by atoms with Gasteiger partial charge in [-0.3, -0.25) is 23.7 Å². The van der Waals surface area contributed by atoms with Gasteiger partial charge in [0, 0.05) is 23.7 Å². The highest BCUT2D eigenvalue weighted by atomic mass is 16.2. The number of hydrogen-bond donors (Lipinski definition) is 2. The Morgan fingerprint density at radius 2 is 1.56 bits per heavy atom. The van der Waals surface area contributed by atoms with Crippen LogP contribution in [0.4, 0.5) is 11.4 Å². The third kappa shape index (κ3) is 4.93. The van der Waals surface area contributed by atoms with Crippen molar-refractivity contribution in [1.82, 2.24) is 9.55 Å². The van der Waals surface area contributed by atoms with Crippen LogP contribution in [-0.4, -0.2) is 27.1 Å². The standard InChI is InChI=1S/C28H26N4O4/c1-4-24(27(35)30-20-15-13-19(14-16-20)17(2)33)32-25-12-8-7-11-23(25)31-26(28(32)36)21-9-5-6-10-22(21)29-18(3)34/h5-16,24H,4H2,1-3H3,(H,29,34)(H,30,35). The maximum absolute atomic E-state index is 13.9. The van der Waals surface area contributed by atoms with E-state index in [-0.39, 0.29) is 23.3 Å². The summed E-state index contributed by atoms with van der Waals surface area (Å²) >= 11 is 0. The van der Waals surface area contributed by atoms with Crippen molar-refractivity contribution >= 4 is 40.0 Å². The molecule has 1 heterocycles. The molecular weight excluding hydrogens is 456 g/mol. The molecular formula is C28H26N4O4. The number of Topliss-reactive ketones (excluding diaryl/α,β-unsaturated/α-hetero) is 1. The number of anilines is 2. The summed E-state index contributed by atoms with van der Waals surface area (Å²) in [6, 6.07) is 19.8. The molecule has 0 aliphatic rings. The van der Waals surface area contributed by atoms with E-state index in [1.54, 1.807) is 66.7 Å². The lowest BCUT2D eigenvalue weighted by Gasteiger charge is -2.21. The molecule has 2 N–H and O–H groups in total. The molecule has 182 valence electrons. The molecule has 8 nitrogen and oxygen atoms in total. The second-order valence-corrected chi connectivity index (χ2v) is 8.40. The number of amides is 2. The minimum absolute atomic E-state index is 0.0683. The van der Waals surface area contributed by atoms with Gasteiger partial charge in [0.1, 0.15) is 11.7 Å². The molecule has 1 aromatic heterocycles. The Morgan fingerprint density at radius 3 is 2.22 bits per heavy atom. The van der Waals surface area contributed by atoms with E-state index in [1.807, 2.05) is 13.0 Å². The maximum Gasteiger partial charge on any atom is 0.278 e. The highest BCUT2D eigenvalue weighted by Gasteiger charge is 2.25. The third-order valence-corrected chi connectivity index (χ3v) is 5.85. The lowest BCUT2D eigenvalue weighted by atomic mass is 10.1. The van der Waals surface area contributed by atoms with E-state index in [0.717, 1.165) is 0 Å². The number of para-hydroxylation sites is 3. The summed E-state index contributed by atoms with van der Waals surface area (Å²) in [7, 11) is 0. The molecule has 0 saturated heterocycles. The van der Waals surface area contributed by atoms with Gasteiger partial charge in [0.25, 0.3) is 5.56 Å². The Bertz CT molecular complexity index is 1520. The van der Waals surface area contributed by atoms with Gasteiger partial charge >= 0.3 is 0 Å². The Hall–Kier alpha value is -4.59. The first-order chi connectivity index (χ1) is 17.3. The van der Waals surface area contributed by atoms with E-state index >= 15 is 0 Å². The van der Waals surface area contributed by atoms with E-state index in [1.165, 1.54) is 18.4 Å². The highest BCUT2D eigenvalue weighted by Crippen LogP contribution is 2.27. The Kier molecular flexibility index (Phi) is 7.05. The minimum atomic E-state index is -0.829. The molecule has 0 spiro atoms. The topological polar surface area (TPSA) is 110 Å². The van der Waals surface area contributed by atoms with Gasteiger partial charge in [-0.1, -0.05) is 37.3 Å². The van der Waals surface area contributed by atoms with Crippen molar-refractivity contribution in [2.45, 2.75) is 33.2 Å². The second-order valence-electron chi connectivity index (χ2n) is 8.40. The number of aromatic nitrogens is 2. The summed E-state index contributed by atoms with van der Waals surface area (Å²) in [4.78, 5) is 55.2. The van der Waals surface area contributed by atoms with Crippen LogP contribution in [0, 0.1) is 0 Å². The first-order valence-electron chi connectivity index (χ1n) is 11.6. The number of rotatable bonds is 7. The number of carbonyl (C=O) groups excluding carboxylic acids is 3. The van der Waals surface area contributed by atoms with Crippen molar-refractivity contribution in [2.24, 2.45) is 0 Å². The number of fused-ring (bicyclic) bond motifs is 1. The van der Waals surface area contributed by atoms with E-state index in [0.29, 0.717) is 40.0 Å². The van der Waals surface area contributed by atoms with Gasteiger partial charge in [-0.25, -0.2) is 4.98 Å². The quantitative estimate of drug-likeness (QED) is 0.367. The van der Waals surface area contributed by atoms with Gasteiger partial charge in [0.05, 0.1) is 16.7 Å². The molecule has 36 heavy (non-hydrogen) atoms. The van der Waals surface area contributed by atoms with Gasteiger partial charge in [0.15, 0.2) is 5.78 Å². The number of hydrogen-bond acceptors (Lipinski definition) is 5. The summed E-state index contributed by atoms with van der Waals surface area (Å²) in [6.07, 6.45) is 0.345.